The number of nitrogens with zero attached hydrogens (tertiary/aromatic N) is 2. The second-order valence-corrected chi connectivity index (χ2v) is 2.73. The molecule has 1 aromatic heterocycles. The molecule has 0 fully saturated rings. The van der Waals surface area contributed by atoms with Crippen LogP contribution in [0.2, 0.25) is 0 Å². The standard InChI is InChI=1S/C9H5FN2O2/c10-9-6-3-1-2-4-7(6)11-5-8(9)12(13)14/h1-5H. The summed E-state index contributed by atoms with van der Waals surface area (Å²) in [4.78, 5) is 13.4. The third-order valence-electron chi connectivity index (χ3n) is 1.89. The molecular formula is C9H5FN2O2. The Labute approximate surface area is 78.2 Å². The lowest BCUT2D eigenvalue weighted by Crippen LogP contribution is -1.94. The molecule has 0 atom stereocenters. The van der Waals surface area contributed by atoms with Crippen molar-refractivity contribution in [2.45, 2.75) is 0 Å². The number of aromatic nitrogens is 1. The van der Waals surface area contributed by atoms with Crippen molar-refractivity contribution in [2.75, 3.05) is 0 Å². The zero-order chi connectivity index (χ0) is 10.1. The summed E-state index contributed by atoms with van der Waals surface area (Å²) in [5, 5.41) is 10.6. The molecule has 0 aliphatic carbocycles. The van der Waals surface area contributed by atoms with E-state index in [1.54, 1.807) is 18.2 Å². The lowest BCUT2D eigenvalue weighted by molar-refractivity contribution is -0.387. The second-order valence-electron chi connectivity index (χ2n) is 2.73. The number of halogens is 1. The smallest absolute Gasteiger partial charge is 0.258 e. The van der Waals surface area contributed by atoms with Crippen LogP contribution < -0.4 is 0 Å². The largest absolute Gasteiger partial charge is 0.323 e. The predicted octanol–water partition coefficient (Wildman–Crippen LogP) is 2.28. The monoisotopic (exact) mass is 192 g/mol. The van der Waals surface area contributed by atoms with Crippen LogP contribution in [0.3, 0.4) is 0 Å². The van der Waals surface area contributed by atoms with Gasteiger partial charge in [-0.1, -0.05) is 12.1 Å². The molecule has 4 nitrogen and oxygen atoms in total. The SMILES string of the molecule is O=[N+]([O-])c1cnc2ccccc2c1F. The fourth-order valence-electron chi connectivity index (χ4n) is 1.22. The van der Waals surface area contributed by atoms with Crippen LogP contribution in [-0.2, 0) is 0 Å². The van der Waals surface area contributed by atoms with Crippen LogP contribution in [-0.4, -0.2) is 9.91 Å². The first-order valence-corrected chi connectivity index (χ1v) is 3.88. The normalized spacial score (nSPS) is 10.4. The van der Waals surface area contributed by atoms with E-state index in [-0.39, 0.29) is 5.39 Å². The van der Waals surface area contributed by atoms with Crippen molar-refractivity contribution in [3.05, 3.63) is 46.4 Å². The van der Waals surface area contributed by atoms with Gasteiger partial charge in [-0.25, -0.2) is 4.98 Å². The quantitative estimate of drug-likeness (QED) is 0.514. The van der Waals surface area contributed by atoms with Crippen LogP contribution in [0.5, 0.6) is 0 Å². The summed E-state index contributed by atoms with van der Waals surface area (Å²) in [5.74, 6) is -0.833. The molecule has 70 valence electrons. The van der Waals surface area contributed by atoms with Crippen molar-refractivity contribution < 1.29 is 9.31 Å². The van der Waals surface area contributed by atoms with Gasteiger partial charge in [0.15, 0.2) is 0 Å². The maximum absolute atomic E-state index is 13.4. The van der Waals surface area contributed by atoms with E-state index in [0.717, 1.165) is 6.20 Å². The van der Waals surface area contributed by atoms with Crippen molar-refractivity contribution in [1.82, 2.24) is 4.98 Å². The number of hydrogen-bond donors (Lipinski definition) is 0. The van der Waals surface area contributed by atoms with Crippen molar-refractivity contribution in [1.29, 1.82) is 0 Å². The van der Waals surface area contributed by atoms with E-state index in [4.69, 9.17) is 0 Å². The van der Waals surface area contributed by atoms with E-state index in [9.17, 15) is 14.5 Å². The molecule has 0 aliphatic rings. The predicted molar refractivity (Wildman–Crippen MR) is 48.4 cm³/mol. The molecule has 2 rings (SSSR count). The number of pyridine rings is 1. The zero-order valence-electron chi connectivity index (χ0n) is 6.98. The van der Waals surface area contributed by atoms with Gasteiger partial charge in [0.25, 0.3) is 0 Å². The zero-order valence-corrected chi connectivity index (χ0v) is 6.98. The molecule has 1 aromatic carbocycles. The van der Waals surface area contributed by atoms with Crippen LogP contribution >= 0.6 is 0 Å². The van der Waals surface area contributed by atoms with Crippen LogP contribution in [0.1, 0.15) is 0 Å². The van der Waals surface area contributed by atoms with Crippen molar-refractivity contribution in [3.63, 3.8) is 0 Å². The van der Waals surface area contributed by atoms with Gasteiger partial charge in [0.1, 0.15) is 6.20 Å². The van der Waals surface area contributed by atoms with Gasteiger partial charge < -0.3 is 0 Å². The molecule has 0 spiro atoms. The molecule has 0 amide bonds. The van der Waals surface area contributed by atoms with E-state index in [2.05, 4.69) is 4.98 Å². The molecule has 1 heterocycles. The Morgan fingerprint density at radius 2 is 2.07 bits per heavy atom. The van der Waals surface area contributed by atoms with E-state index in [0.29, 0.717) is 5.52 Å². The highest BCUT2D eigenvalue weighted by atomic mass is 19.1. The van der Waals surface area contributed by atoms with Gasteiger partial charge in [0.2, 0.25) is 5.82 Å². The van der Waals surface area contributed by atoms with Crippen LogP contribution in [0, 0.1) is 15.9 Å². The lowest BCUT2D eigenvalue weighted by atomic mass is 10.2. The van der Waals surface area contributed by atoms with E-state index in [1.807, 2.05) is 0 Å². The number of para-hydroxylation sites is 1. The van der Waals surface area contributed by atoms with Crippen LogP contribution in [0.4, 0.5) is 10.1 Å². The average Bonchev–Trinajstić information content (AvgIpc) is 2.18. The third kappa shape index (κ3) is 1.19. The van der Waals surface area contributed by atoms with E-state index in [1.165, 1.54) is 6.07 Å². The van der Waals surface area contributed by atoms with E-state index < -0.39 is 16.4 Å². The molecular weight excluding hydrogens is 187 g/mol. The molecule has 0 unspecified atom stereocenters. The van der Waals surface area contributed by atoms with Gasteiger partial charge in [-0.3, -0.25) is 10.1 Å². The van der Waals surface area contributed by atoms with Gasteiger partial charge in [-0.2, -0.15) is 4.39 Å². The first-order chi connectivity index (χ1) is 6.70. The highest BCUT2D eigenvalue weighted by Gasteiger charge is 2.16. The summed E-state index contributed by atoms with van der Waals surface area (Å²) >= 11 is 0. The molecule has 0 aliphatic heterocycles. The average molecular weight is 192 g/mol. The molecule has 5 heteroatoms. The molecule has 14 heavy (non-hydrogen) atoms. The minimum absolute atomic E-state index is 0.168. The first kappa shape index (κ1) is 8.55. The highest BCUT2D eigenvalue weighted by molar-refractivity contribution is 5.81. The van der Waals surface area contributed by atoms with Gasteiger partial charge in [0, 0.05) is 5.39 Å². The Kier molecular flexibility index (Phi) is 1.85. The number of nitro groups is 1. The lowest BCUT2D eigenvalue weighted by Gasteiger charge is -1.98. The van der Waals surface area contributed by atoms with Gasteiger partial charge >= 0.3 is 5.69 Å². The minimum atomic E-state index is -0.833. The number of fused-ring (bicyclic) bond motifs is 1. The van der Waals surface area contributed by atoms with Crippen molar-refractivity contribution in [2.24, 2.45) is 0 Å². The third-order valence-corrected chi connectivity index (χ3v) is 1.89. The Morgan fingerprint density at radius 1 is 1.36 bits per heavy atom. The molecule has 2 aromatic rings. The summed E-state index contributed by atoms with van der Waals surface area (Å²) in [7, 11) is 0. The maximum Gasteiger partial charge on any atom is 0.323 e. The molecule has 0 bridgehead atoms. The fourth-order valence-corrected chi connectivity index (χ4v) is 1.22. The summed E-state index contributed by atoms with van der Waals surface area (Å²) in [5.41, 5.74) is -0.181. The van der Waals surface area contributed by atoms with Crippen LogP contribution in [0.15, 0.2) is 30.5 Å². The molecule has 0 saturated heterocycles. The molecule has 0 N–H and O–H groups in total. The Hall–Kier alpha value is -2.04. The second kappa shape index (κ2) is 3.02. The Balaban J connectivity index is 2.81. The summed E-state index contributed by atoms with van der Waals surface area (Å²) in [6.07, 6.45) is 0.928. The Morgan fingerprint density at radius 3 is 2.79 bits per heavy atom. The fraction of sp³-hybridized carbons (Fsp3) is 0. The summed E-state index contributed by atoms with van der Waals surface area (Å²) in [6.45, 7) is 0. The van der Waals surface area contributed by atoms with Crippen molar-refractivity contribution >= 4 is 16.6 Å². The molecule has 0 radical (unpaired) electrons. The van der Waals surface area contributed by atoms with Crippen molar-refractivity contribution in [3.8, 4) is 0 Å². The van der Waals surface area contributed by atoms with Crippen LogP contribution in [0.25, 0.3) is 10.9 Å². The number of rotatable bonds is 1. The summed E-state index contributed by atoms with van der Waals surface area (Å²) in [6, 6.07) is 6.37. The van der Waals surface area contributed by atoms with Gasteiger partial charge in [-0.05, 0) is 12.1 Å². The topological polar surface area (TPSA) is 56.0 Å². The van der Waals surface area contributed by atoms with Gasteiger partial charge in [-0.15, -0.1) is 0 Å². The Bertz CT molecular complexity index is 513. The highest BCUT2D eigenvalue weighted by Crippen LogP contribution is 2.23. The maximum atomic E-state index is 13.4. The molecule has 0 saturated carbocycles. The number of hydrogen-bond acceptors (Lipinski definition) is 3. The summed E-state index contributed by atoms with van der Waals surface area (Å²) < 4.78 is 13.4. The minimum Gasteiger partial charge on any atom is -0.258 e. The van der Waals surface area contributed by atoms with Gasteiger partial charge in [0.05, 0.1) is 10.4 Å². The first-order valence-electron chi connectivity index (χ1n) is 3.88. The van der Waals surface area contributed by atoms with E-state index >= 15 is 0 Å². The number of benzene rings is 1.